The first kappa shape index (κ1) is 62.8. The van der Waals surface area contributed by atoms with E-state index in [2.05, 4.69) is 0 Å². The first-order valence-electron chi connectivity index (χ1n) is 24.1. The molecule has 0 saturated carbocycles. The molecule has 0 aromatic heterocycles. The van der Waals surface area contributed by atoms with E-state index in [-0.39, 0.29) is 83.7 Å². The molecule has 0 aromatic carbocycles. The quantitative estimate of drug-likeness (QED) is 0.0452. The Kier molecular flexibility index (Phi) is 25.0. The molecule has 28 heteroatoms. The van der Waals surface area contributed by atoms with Crippen molar-refractivity contribution >= 4 is 5.97 Å². The van der Waals surface area contributed by atoms with Crippen LogP contribution in [0.15, 0.2) is 0 Å². The minimum atomic E-state index is -2.27. The Morgan fingerprint density at radius 2 is 0.931 bits per heavy atom. The van der Waals surface area contributed by atoms with Crippen LogP contribution in [0.3, 0.4) is 0 Å². The van der Waals surface area contributed by atoms with Gasteiger partial charge in [0.1, 0.15) is 79.4 Å². The van der Waals surface area contributed by atoms with Gasteiger partial charge >= 0.3 is 0 Å². The van der Waals surface area contributed by atoms with Crippen LogP contribution in [0.4, 0.5) is 0 Å². The molecule has 0 aromatic rings. The monoisotopic (exact) mass is 1260 g/mol. The van der Waals surface area contributed by atoms with Crippen LogP contribution in [0, 0.1) is 73.7 Å². The Bertz CT molecular complexity index is 1600. The summed E-state index contributed by atoms with van der Waals surface area (Å²) >= 11 is 0. The third-order valence-corrected chi connectivity index (χ3v) is 14.7. The molecule has 1 radical (unpaired) electrons. The third kappa shape index (κ3) is 14.8. The number of aliphatic hydroxyl groups is 12. The van der Waals surface area contributed by atoms with Crippen LogP contribution in [-0.4, -0.2) is 288 Å². The molecule has 6 heterocycles. The van der Waals surface area contributed by atoms with Crippen molar-refractivity contribution in [1.82, 2.24) is 0 Å². The van der Waals surface area contributed by atoms with Crippen LogP contribution < -0.4 is 10.2 Å². The molecule has 26 unspecified atom stereocenters. The fraction of sp³-hybridized carbons (Fsp3) is 0.977. The summed E-state index contributed by atoms with van der Waals surface area (Å²) in [5.41, 5.74) is 0. The van der Waals surface area contributed by atoms with Gasteiger partial charge in [-0.3, -0.25) is 0 Å². The van der Waals surface area contributed by atoms with E-state index in [0.717, 1.165) is 6.92 Å². The Balaban J connectivity index is 0.00000963. The number of ether oxygens (including phenoxy) is 12. The largest absolute Gasteiger partial charge is 0.807 e. The zero-order chi connectivity index (χ0) is 51.9. The van der Waals surface area contributed by atoms with Gasteiger partial charge in [0, 0.05) is 74.8 Å². The Morgan fingerprint density at radius 1 is 0.514 bits per heavy atom. The number of hydrogen-bond acceptors (Lipinski definition) is 27. The summed E-state index contributed by atoms with van der Waals surface area (Å²) in [6.07, 6.45) is -25.8. The maximum absolute atomic E-state index is 12.3. The number of fused-ring (bicyclic) bond motifs is 1. The molecule has 26 atom stereocenters. The molecule has 0 amide bonds. The number of rotatable bonds is 23. The van der Waals surface area contributed by atoms with Gasteiger partial charge in [-0.2, -0.15) is 0 Å². The van der Waals surface area contributed by atoms with Gasteiger partial charge in [-0.15, -0.1) is 0 Å². The Hall–Kier alpha value is -0.0884. The molecule has 12 N–H and O–H groups in total. The molecule has 0 spiro atoms. The van der Waals surface area contributed by atoms with Crippen LogP contribution in [0.25, 0.3) is 0 Å². The van der Waals surface area contributed by atoms with Crippen LogP contribution in [-0.2, 0) is 61.6 Å². The van der Waals surface area contributed by atoms with Crippen molar-refractivity contribution in [1.29, 1.82) is 0 Å². The molecule has 6 fully saturated rings. The summed E-state index contributed by atoms with van der Waals surface area (Å²) < 4.78 is 67.6. The standard InChI is InChI=1S/C44H75O27.Ac/c1-4-18-19(32(48)28(66-23(18)5-45)14-62-9-20-24(6-46)67-27(12-60-3)37(53)33(20)49)8-61-13-26-21(34(50)36(52)25(7-47)68-26)10-63-16-30-38(54)35(51)22(41(70-30)43(57)58)11-64-15-29-39(55)40(56)42-31(69-29)17-65-44(2,59)71-42;/h18-42,45-56H,4-17H2,1-3H3,(H,57,58);/q-1;/p-1. The average molecular weight is 1260 g/mol. The van der Waals surface area contributed by atoms with Crippen molar-refractivity contribution in [2.75, 3.05) is 93.0 Å². The summed E-state index contributed by atoms with van der Waals surface area (Å²) in [4.78, 5) is 12.3. The zero-order valence-corrected chi connectivity index (χ0v) is 45.1. The van der Waals surface area contributed by atoms with E-state index < -0.39 is 210 Å². The van der Waals surface area contributed by atoms with Gasteiger partial charge in [0.25, 0.3) is 0 Å². The van der Waals surface area contributed by atoms with E-state index in [4.69, 9.17) is 56.8 Å². The molecule has 6 saturated heterocycles. The first-order chi connectivity index (χ1) is 33.8. The summed E-state index contributed by atoms with van der Waals surface area (Å²) in [6, 6.07) is 0. The molecule has 6 rings (SSSR count). The van der Waals surface area contributed by atoms with Crippen LogP contribution >= 0.6 is 0 Å². The molecular formula is C44H74AcO27-2. The summed E-state index contributed by atoms with van der Waals surface area (Å²) in [5, 5.41) is 153. The molecule has 6 aliphatic rings. The van der Waals surface area contributed by atoms with Crippen molar-refractivity contribution in [2.45, 2.75) is 148 Å². The predicted octanol–water partition coefficient (Wildman–Crippen LogP) is -9.55. The normalized spacial score (nSPS) is 46.8. The average Bonchev–Trinajstić information content (AvgIpc) is 3.34. The van der Waals surface area contributed by atoms with Gasteiger partial charge in [0.15, 0.2) is 0 Å². The van der Waals surface area contributed by atoms with Gasteiger partial charge in [-0.05, 0) is 12.8 Å². The van der Waals surface area contributed by atoms with Crippen molar-refractivity contribution in [2.24, 2.45) is 29.6 Å². The van der Waals surface area contributed by atoms with Crippen LogP contribution in [0.5, 0.6) is 0 Å². The van der Waals surface area contributed by atoms with Crippen molar-refractivity contribution in [3.63, 3.8) is 0 Å². The predicted molar refractivity (Wildman–Crippen MR) is 226 cm³/mol. The molecule has 6 aliphatic heterocycles. The number of hydrogen-bond donors (Lipinski definition) is 12. The number of carbonyl (C=O) groups is 1. The van der Waals surface area contributed by atoms with E-state index in [1.54, 1.807) is 0 Å². The van der Waals surface area contributed by atoms with E-state index in [0.29, 0.717) is 6.42 Å². The number of carbonyl (C=O) groups excluding carboxylic acids is 1. The van der Waals surface area contributed by atoms with Crippen LogP contribution in [0.2, 0.25) is 0 Å². The zero-order valence-electron chi connectivity index (χ0n) is 40.4. The van der Waals surface area contributed by atoms with Crippen molar-refractivity contribution < 1.29 is 177 Å². The fourth-order valence-electron chi connectivity index (χ4n) is 10.5. The van der Waals surface area contributed by atoms with Crippen molar-refractivity contribution in [3.05, 3.63) is 0 Å². The minimum Gasteiger partial charge on any atom is -0.807 e. The van der Waals surface area contributed by atoms with Gasteiger partial charge in [-0.1, -0.05) is 13.3 Å². The molecule has 27 nitrogen and oxygen atoms in total. The number of aliphatic hydroxyl groups excluding tert-OH is 12. The van der Waals surface area contributed by atoms with E-state index in [9.17, 15) is 76.3 Å². The second kappa shape index (κ2) is 28.7. The third-order valence-electron chi connectivity index (χ3n) is 14.7. The second-order valence-electron chi connectivity index (χ2n) is 19.3. The molecule has 417 valence electrons. The summed E-state index contributed by atoms with van der Waals surface area (Å²) in [6.45, 7) is -1.74. The van der Waals surface area contributed by atoms with E-state index in [1.165, 1.54) is 7.11 Å². The maximum Gasteiger partial charge on any atom is 0.116 e. The molecule has 0 bridgehead atoms. The minimum absolute atomic E-state index is 0. The Labute approximate surface area is 451 Å². The van der Waals surface area contributed by atoms with Gasteiger partial charge in [0.05, 0.1) is 141 Å². The smallest absolute Gasteiger partial charge is 0.116 e. The second-order valence-corrected chi connectivity index (χ2v) is 19.3. The van der Waals surface area contributed by atoms with Gasteiger partial charge in [-0.25, -0.2) is 0 Å². The van der Waals surface area contributed by atoms with Gasteiger partial charge < -0.3 is 133 Å². The van der Waals surface area contributed by atoms with Gasteiger partial charge in [0.2, 0.25) is 0 Å². The number of methoxy groups -OCH3 is 1. The van der Waals surface area contributed by atoms with Crippen LogP contribution in [0.1, 0.15) is 20.3 Å². The summed E-state index contributed by atoms with van der Waals surface area (Å²) in [5.74, 6) is -8.47. The van der Waals surface area contributed by atoms with E-state index >= 15 is 0 Å². The Morgan fingerprint density at radius 3 is 1.46 bits per heavy atom. The maximum atomic E-state index is 12.3. The molecule has 0 aliphatic carbocycles. The summed E-state index contributed by atoms with van der Waals surface area (Å²) in [7, 11) is 1.40. The first-order valence-corrected chi connectivity index (χ1v) is 24.1. The fourth-order valence-corrected chi connectivity index (χ4v) is 10.5. The number of carboxylic acids is 1. The van der Waals surface area contributed by atoms with E-state index in [1.807, 2.05) is 6.92 Å². The topological polar surface area (TPSA) is 417 Å². The number of aliphatic carboxylic acids is 1. The SMILES string of the molecule is CCC1C(CO)OC(COCC2C(CO)OC(COC)C(O)C2O)C(O)C1COCC1OC(CO)C(O)C(O)C1COCC1OC(C(=O)[O-])C(COCC2OC3COC(C)([O-])OC3C(O)C2O)C(O)C1O.[Ac]. The molecule has 72 heavy (non-hydrogen) atoms. The molecular weight excluding hydrogens is 1190 g/mol. The number of carboxylic acid groups (broad SMARTS) is 1. The van der Waals surface area contributed by atoms with Crippen molar-refractivity contribution in [3.8, 4) is 0 Å².